The number of nitrogens with two attached hydrogens (primary N) is 1. The van der Waals surface area contributed by atoms with E-state index in [4.69, 9.17) is 5.73 Å². The number of carbonyl (C=O) groups excluding carboxylic acids is 2. The molecule has 2 amide bonds. The fraction of sp³-hybridized carbons (Fsp3) is 0.500. The molecule has 1 aromatic carbocycles. The highest BCUT2D eigenvalue weighted by Crippen LogP contribution is 2.27. The zero-order chi connectivity index (χ0) is 15.2. The summed E-state index contributed by atoms with van der Waals surface area (Å²) < 4.78 is 0.979. The molecule has 0 saturated heterocycles. The van der Waals surface area contributed by atoms with Crippen LogP contribution in [-0.4, -0.2) is 17.9 Å². The highest BCUT2D eigenvalue weighted by molar-refractivity contribution is 9.10. The van der Waals surface area contributed by atoms with Crippen molar-refractivity contribution in [1.29, 1.82) is 0 Å². The molecule has 1 saturated carbocycles. The lowest BCUT2D eigenvalue weighted by Gasteiger charge is -2.17. The van der Waals surface area contributed by atoms with Crippen LogP contribution in [-0.2, 0) is 16.0 Å². The number of carbonyl (C=O) groups is 2. The Balaban J connectivity index is 1.90. The van der Waals surface area contributed by atoms with E-state index in [0.717, 1.165) is 22.9 Å². The second-order valence-corrected chi connectivity index (χ2v) is 6.62. The van der Waals surface area contributed by atoms with Crippen molar-refractivity contribution in [3.63, 3.8) is 0 Å². The van der Waals surface area contributed by atoms with Crippen LogP contribution in [0.5, 0.6) is 0 Å². The van der Waals surface area contributed by atoms with Gasteiger partial charge >= 0.3 is 0 Å². The second-order valence-electron chi connectivity index (χ2n) is 5.71. The molecule has 0 aliphatic heterocycles. The number of rotatable bonds is 6. The van der Waals surface area contributed by atoms with Crippen LogP contribution in [0.2, 0.25) is 0 Å². The predicted octanol–water partition coefficient (Wildman–Crippen LogP) is 2.54. The van der Waals surface area contributed by atoms with Gasteiger partial charge in [-0.15, -0.1) is 0 Å². The molecule has 0 aromatic heterocycles. The van der Waals surface area contributed by atoms with Crippen molar-refractivity contribution < 1.29 is 9.59 Å². The third-order valence-corrected chi connectivity index (χ3v) is 4.51. The molecule has 0 bridgehead atoms. The van der Waals surface area contributed by atoms with E-state index in [1.54, 1.807) is 0 Å². The van der Waals surface area contributed by atoms with Crippen molar-refractivity contribution in [2.45, 2.75) is 44.6 Å². The smallest absolute Gasteiger partial charge is 0.240 e. The van der Waals surface area contributed by atoms with Gasteiger partial charge in [0, 0.05) is 17.3 Å². The van der Waals surface area contributed by atoms with Crippen molar-refractivity contribution >= 4 is 27.7 Å². The minimum atomic E-state index is -0.639. The molecule has 1 fully saturated rings. The minimum Gasteiger partial charge on any atom is -0.368 e. The second kappa shape index (κ2) is 7.59. The van der Waals surface area contributed by atoms with Crippen LogP contribution in [0.1, 0.15) is 37.7 Å². The Kier molecular flexibility index (Phi) is 5.79. The van der Waals surface area contributed by atoms with E-state index < -0.39 is 11.9 Å². The highest BCUT2D eigenvalue weighted by atomic mass is 79.9. The van der Waals surface area contributed by atoms with Crippen molar-refractivity contribution in [3.8, 4) is 0 Å². The minimum absolute atomic E-state index is 0.0668. The third-order valence-electron chi connectivity index (χ3n) is 3.98. The van der Waals surface area contributed by atoms with Crippen LogP contribution in [0.25, 0.3) is 0 Å². The molecule has 3 N–H and O–H groups in total. The van der Waals surface area contributed by atoms with E-state index in [1.807, 2.05) is 24.3 Å². The van der Waals surface area contributed by atoms with Gasteiger partial charge in [0.2, 0.25) is 11.8 Å². The number of hydrogen-bond acceptors (Lipinski definition) is 2. The number of nitrogens with one attached hydrogen (secondary N) is 1. The Labute approximate surface area is 133 Å². The van der Waals surface area contributed by atoms with E-state index >= 15 is 0 Å². The van der Waals surface area contributed by atoms with E-state index in [2.05, 4.69) is 21.2 Å². The van der Waals surface area contributed by atoms with E-state index in [9.17, 15) is 9.59 Å². The third kappa shape index (κ3) is 5.16. The van der Waals surface area contributed by atoms with Crippen molar-refractivity contribution in [2.24, 2.45) is 11.7 Å². The summed E-state index contributed by atoms with van der Waals surface area (Å²) in [6.45, 7) is 0. The Morgan fingerprint density at radius 3 is 2.43 bits per heavy atom. The zero-order valence-corrected chi connectivity index (χ0v) is 13.6. The molecule has 0 unspecified atom stereocenters. The maximum Gasteiger partial charge on any atom is 0.240 e. The molecule has 1 atom stereocenters. The summed E-state index contributed by atoms with van der Waals surface area (Å²) in [7, 11) is 0. The molecule has 21 heavy (non-hydrogen) atoms. The first-order valence-electron chi connectivity index (χ1n) is 7.37. The molecule has 114 valence electrons. The number of amides is 2. The van der Waals surface area contributed by atoms with E-state index in [1.165, 1.54) is 12.8 Å². The molecule has 4 nitrogen and oxygen atoms in total. The molecule has 5 heteroatoms. The molecule has 1 aromatic rings. The topological polar surface area (TPSA) is 72.2 Å². The van der Waals surface area contributed by atoms with Gasteiger partial charge in [-0.2, -0.15) is 0 Å². The first-order valence-corrected chi connectivity index (χ1v) is 8.17. The average Bonchev–Trinajstić information content (AvgIpc) is 2.93. The lowest BCUT2D eigenvalue weighted by atomic mass is 10.0. The van der Waals surface area contributed by atoms with Gasteiger partial charge in [-0.25, -0.2) is 0 Å². The zero-order valence-electron chi connectivity index (χ0n) is 12.0. The van der Waals surface area contributed by atoms with Crippen LogP contribution in [0.4, 0.5) is 0 Å². The summed E-state index contributed by atoms with van der Waals surface area (Å²) in [6.07, 6.45) is 5.57. The Bertz CT molecular complexity index is 496. The van der Waals surface area contributed by atoms with Gasteiger partial charge in [0.1, 0.15) is 6.04 Å². The summed E-state index contributed by atoms with van der Waals surface area (Å²) in [4.78, 5) is 23.6. The Hall–Kier alpha value is -1.36. The summed E-state index contributed by atoms with van der Waals surface area (Å²) in [6, 6.07) is 7.02. The summed E-state index contributed by atoms with van der Waals surface area (Å²) >= 11 is 3.37. The van der Waals surface area contributed by atoms with Crippen LogP contribution in [0.3, 0.4) is 0 Å². The number of benzene rings is 1. The predicted molar refractivity (Wildman–Crippen MR) is 85.5 cm³/mol. The normalized spacial score (nSPS) is 16.6. The number of hydrogen-bond donors (Lipinski definition) is 2. The lowest BCUT2D eigenvalue weighted by Crippen LogP contribution is -2.46. The van der Waals surface area contributed by atoms with Crippen LogP contribution < -0.4 is 11.1 Å². The molecular formula is C16H21BrN2O2. The fourth-order valence-electron chi connectivity index (χ4n) is 2.81. The first kappa shape index (κ1) is 16.0. The SMILES string of the molecule is NC(=O)[C@H](Cc1ccc(Br)cc1)NC(=O)CC1CCCC1. The van der Waals surface area contributed by atoms with Gasteiger partial charge < -0.3 is 11.1 Å². The largest absolute Gasteiger partial charge is 0.368 e. The Morgan fingerprint density at radius 2 is 1.86 bits per heavy atom. The van der Waals surface area contributed by atoms with Gasteiger partial charge in [-0.1, -0.05) is 40.9 Å². The van der Waals surface area contributed by atoms with Crippen molar-refractivity contribution in [1.82, 2.24) is 5.32 Å². The average molecular weight is 353 g/mol. The van der Waals surface area contributed by atoms with E-state index in [-0.39, 0.29) is 5.91 Å². The van der Waals surface area contributed by atoms with Gasteiger partial charge in [0.25, 0.3) is 0 Å². The van der Waals surface area contributed by atoms with Crippen molar-refractivity contribution in [3.05, 3.63) is 34.3 Å². The number of primary amides is 1. The van der Waals surface area contributed by atoms with Crippen LogP contribution >= 0.6 is 15.9 Å². The lowest BCUT2D eigenvalue weighted by molar-refractivity contribution is -0.127. The van der Waals surface area contributed by atoms with Gasteiger partial charge in [-0.3, -0.25) is 9.59 Å². The number of halogens is 1. The molecule has 1 aliphatic rings. The standard InChI is InChI=1S/C16H21BrN2O2/c17-13-7-5-12(6-8-13)9-14(16(18)21)19-15(20)10-11-3-1-2-4-11/h5-8,11,14H,1-4,9-10H2,(H2,18,21)(H,19,20)/t14-/m0/s1. The molecule has 1 aliphatic carbocycles. The maximum atomic E-state index is 12.0. The van der Waals surface area contributed by atoms with Gasteiger partial charge in [0.05, 0.1) is 0 Å². The highest BCUT2D eigenvalue weighted by Gasteiger charge is 2.22. The molecule has 0 spiro atoms. The van der Waals surface area contributed by atoms with Crippen LogP contribution in [0, 0.1) is 5.92 Å². The summed E-state index contributed by atoms with van der Waals surface area (Å²) in [5, 5.41) is 2.78. The van der Waals surface area contributed by atoms with Crippen molar-refractivity contribution in [2.75, 3.05) is 0 Å². The Morgan fingerprint density at radius 1 is 1.24 bits per heavy atom. The van der Waals surface area contributed by atoms with Gasteiger partial charge in [0.15, 0.2) is 0 Å². The first-order chi connectivity index (χ1) is 10.0. The molecule has 0 heterocycles. The van der Waals surface area contributed by atoms with E-state index in [0.29, 0.717) is 18.8 Å². The monoisotopic (exact) mass is 352 g/mol. The summed E-state index contributed by atoms with van der Waals surface area (Å²) in [5.74, 6) is -0.0910. The molecule has 2 rings (SSSR count). The molecule has 0 radical (unpaired) electrons. The quantitative estimate of drug-likeness (QED) is 0.825. The fourth-order valence-corrected chi connectivity index (χ4v) is 3.07. The van der Waals surface area contributed by atoms with Crippen LogP contribution in [0.15, 0.2) is 28.7 Å². The summed E-state index contributed by atoms with van der Waals surface area (Å²) in [5.41, 5.74) is 6.38. The maximum absolute atomic E-state index is 12.0. The molecular weight excluding hydrogens is 332 g/mol. The van der Waals surface area contributed by atoms with Gasteiger partial charge in [-0.05, 0) is 36.5 Å².